The summed E-state index contributed by atoms with van der Waals surface area (Å²) in [5, 5.41) is 13.5. The van der Waals surface area contributed by atoms with E-state index >= 15 is 0 Å². The van der Waals surface area contributed by atoms with Crippen LogP contribution in [-0.4, -0.2) is 41.9 Å². The Hall–Kier alpha value is -1.64. The van der Waals surface area contributed by atoms with E-state index in [0.717, 1.165) is 6.42 Å². The molecule has 0 amide bonds. The number of esters is 1. The van der Waals surface area contributed by atoms with Gasteiger partial charge in [0.05, 0.1) is 11.2 Å². The molecule has 1 rings (SSSR count). The summed E-state index contributed by atoms with van der Waals surface area (Å²) in [5.41, 5.74) is -0.413. The van der Waals surface area contributed by atoms with E-state index in [1.165, 1.54) is 12.1 Å². The Morgan fingerprint density at radius 2 is 1.82 bits per heavy atom. The van der Waals surface area contributed by atoms with Crippen molar-refractivity contribution >= 4 is 16.1 Å². The molecule has 1 atom stereocenters. The minimum atomic E-state index is -4.21. The molecule has 0 spiro atoms. The summed E-state index contributed by atoms with van der Waals surface area (Å²) < 4.78 is 37.4. The Labute approximate surface area is 168 Å². The fraction of sp³-hybridized carbons (Fsp3) is 0.650. The standard InChI is InChI=1S/C20H33NO6S/c1-7-10-20(5,6)18(23)27-17-9-8-14(11-16(17)22)15(13-28(24,25)26)12-21-19(2,3)4/h8-9,11,15,21-22H,7,10,12-13H2,1-6H3,(H,24,25,26). The van der Waals surface area contributed by atoms with Crippen molar-refractivity contribution in [2.45, 2.75) is 65.8 Å². The van der Waals surface area contributed by atoms with Crippen LogP contribution in [0.1, 0.15) is 65.9 Å². The first kappa shape index (κ1) is 24.4. The SMILES string of the molecule is CCCC(C)(C)C(=O)Oc1ccc(C(CNC(C)(C)C)CS(=O)(=O)O)cc1O. The topological polar surface area (TPSA) is 113 Å². The number of nitrogens with one attached hydrogen (secondary N) is 1. The van der Waals surface area contributed by atoms with E-state index in [1.807, 2.05) is 27.7 Å². The monoisotopic (exact) mass is 415 g/mol. The summed E-state index contributed by atoms with van der Waals surface area (Å²) in [4.78, 5) is 12.3. The van der Waals surface area contributed by atoms with Gasteiger partial charge in [-0.2, -0.15) is 8.42 Å². The summed E-state index contributed by atoms with van der Waals surface area (Å²) in [7, 11) is -4.21. The Balaban J connectivity index is 3.06. The van der Waals surface area contributed by atoms with Crippen LogP contribution < -0.4 is 10.1 Å². The summed E-state index contributed by atoms with van der Waals surface area (Å²) in [6.07, 6.45) is 1.48. The Morgan fingerprint density at radius 1 is 1.21 bits per heavy atom. The van der Waals surface area contributed by atoms with Crippen molar-refractivity contribution in [3.8, 4) is 11.5 Å². The van der Waals surface area contributed by atoms with Crippen LogP contribution in [0.3, 0.4) is 0 Å². The van der Waals surface area contributed by atoms with Gasteiger partial charge in [-0.3, -0.25) is 9.35 Å². The minimum Gasteiger partial charge on any atom is -0.504 e. The highest BCUT2D eigenvalue weighted by atomic mass is 32.2. The second kappa shape index (κ2) is 9.24. The van der Waals surface area contributed by atoms with E-state index in [9.17, 15) is 22.9 Å². The molecule has 3 N–H and O–H groups in total. The molecule has 0 fully saturated rings. The zero-order valence-corrected chi connectivity index (χ0v) is 18.4. The Morgan fingerprint density at radius 3 is 2.29 bits per heavy atom. The molecule has 7 nitrogen and oxygen atoms in total. The molecule has 0 bridgehead atoms. The number of phenolic OH excluding ortho intramolecular Hbond substituents is 1. The van der Waals surface area contributed by atoms with E-state index in [2.05, 4.69) is 5.32 Å². The van der Waals surface area contributed by atoms with E-state index in [1.54, 1.807) is 19.9 Å². The number of carbonyl (C=O) groups is 1. The van der Waals surface area contributed by atoms with Gasteiger partial charge >= 0.3 is 5.97 Å². The highest BCUT2D eigenvalue weighted by molar-refractivity contribution is 7.85. The van der Waals surface area contributed by atoms with Crippen molar-refractivity contribution in [3.63, 3.8) is 0 Å². The molecular weight excluding hydrogens is 382 g/mol. The van der Waals surface area contributed by atoms with Crippen molar-refractivity contribution < 1.29 is 27.6 Å². The summed E-state index contributed by atoms with van der Waals surface area (Å²) in [6.45, 7) is 11.6. The van der Waals surface area contributed by atoms with Gasteiger partial charge in [-0.1, -0.05) is 19.4 Å². The molecule has 1 aromatic carbocycles. The normalized spacial score (nSPS) is 14.0. The number of benzene rings is 1. The lowest BCUT2D eigenvalue weighted by atomic mass is 9.88. The maximum absolute atomic E-state index is 12.3. The van der Waals surface area contributed by atoms with E-state index < -0.39 is 33.2 Å². The quantitative estimate of drug-likeness (QED) is 0.321. The molecule has 160 valence electrons. The molecule has 1 unspecified atom stereocenters. The summed E-state index contributed by atoms with van der Waals surface area (Å²) in [5.74, 6) is -1.75. The largest absolute Gasteiger partial charge is 0.504 e. The third-order valence-corrected chi connectivity index (χ3v) is 5.20. The maximum Gasteiger partial charge on any atom is 0.317 e. The van der Waals surface area contributed by atoms with Crippen LogP contribution in [0.4, 0.5) is 0 Å². The molecule has 8 heteroatoms. The van der Waals surface area contributed by atoms with E-state index in [4.69, 9.17) is 4.74 Å². The molecule has 0 saturated carbocycles. The third-order valence-electron chi connectivity index (χ3n) is 4.38. The second-order valence-corrected chi connectivity index (χ2v) is 10.3. The zero-order valence-electron chi connectivity index (χ0n) is 17.6. The molecule has 0 aliphatic rings. The molecule has 0 saturated heterocycles. The van der Waals surface area contributed by atoms with Crippen LogP contribution >= 0.6 is 0 Å². The van der Waals surface area contributed by atoms with Gasteiger partial charge in [-0.15, -0.1) is 0 Å². The van der Waals surface area contributed by atoms with Crippen LogP contribution in [0.15, 0.2) is 18.2 Å². The van der Waals surface area contributed by atoms with E-state index in [0.29, 0.717) is 12.0 Å². The van der Waals surface area contributed by atoms with Gasteiger partial charge in [0.15, 0.2) is 11.5 Å². The van der Waals surface area contributed by atoms with Gasteiger partial charge < -0.3 is 15.2 Å². The first-order valence-corrected chi connectivity index (χ1v) is 11.0. The highest BCUT2D eigenvalue weighted by Gasteiger charge is 2.30. The predicted octanol–water partition coefficient (Wildman–Crippen LogP) is 3.48. The summed E-state index contributed by atoms with van der Waals surface area (Å²) in [6, 6.07) is 4.41. The molecular formula is C20H33NO6S. The van der Waals surface area contributed by atoms with Gasteiger partial charge in [-0.05, 0) is 58.7 Å². The number of phenols is 1. The number of aromatic hydroxyl groups is 1. The van der Waals surface area contributed by atoms with Gasteiger partial charge in [0.1, 0.15) is 0 Å². The number of hydrogen-bond donors (Lipinski definition) is 3. The van der Waals surface area contributed by atoms with Gasteiger partial charge in [-0.25, -0.2) is 0 Å². The fourth-order valence-electron chi connectivity index (χ4n) is 2.80. The lowest BCUT2D eigenvalue weighted by molar-refractivity contribution is -0.144. The lowest BCUT2D eigenvalue weighted by Gasteiger charge is -2.25. The van der Waals surface area contributed by atoms with Crippen molar-refractivity contribution in [2.75, 3.05) is 12.3 Å². The molecule has 28 heavy (non-hydrogen) atoms. The van der Waals surface area contributed by atoms with Crippen LogP contribution in [0.25, 0.3) is 0 Å². The van der Waals surface area contributed by atoms with E-state index in [-0.39, 0.29) is 23.6 Å². The van der Waals surface area contributed by atoms with Crippen LogP contribution in [0.2, 0.25) is 0 Å². The average molecular weight is 416 g/mol. The second-order valence-electron chi connectivity index (χ2n) is 8.83. The fourth-order valence-corrected chi connectivity index (χ4v) is 3.62. The smallest absolute Gasteiger partial charge is 0.317 e. The maximum atomic E-state index is 12.3. The molecule has 0 heterocycles. The van der Waals surface area contributed by atoms with Crippen LogP contribution in [0, 0.1) is 5.41 Å². The third kappa shape index (κ3) is 8.16. The Kier molecular flexibility index (Phi) is 8.05. The molecule has 1 aromatic rings. The lowest BCUT2D eigenvalue weighted by Crippen LogP contribution is -2.39. The number of rotatable bonds is 9. The number of carbonyl (C=O) groups excluding carboxylic acids is 1. The Bertz CT molecular complexity index is 780. The first-order valence-electron chi connectivity index (χ1n) is 9.40. The van der Waals surface area contributed by atoms with Crippen LogP contribution in [0.5, 0.6) is 11.5 Å². The molecule has 0 aromatic heterocycles. The average Bonchev–Trinajstić information content (AvgIpc) is 2.51. The minimum absolute atomic E-state index is 0.0207. The molecule has 0 aliphatic carbocycles. The van der Waals surface area contributed by atoms with Crippen molar-refractivity contribution in [3.05, 3.63) is 23.8 Å². The van der Waals surface area contributed by atoms with Crippen molar-refractivity contribution in [2.24, 2.45) is 5.41 Å². The zero-order chi connectivity index (χ0) is 21.8. The first-order chi connectivity index (χ1) is 12.6. The number of hydrogen-bond acceptors (Lipinski definition) is 6. The number of ether oxygens (including phenoxy) is 1. The van der Waals surface area contributed by atoms with Gasteiger partial charge in [0.25, 0.3) is 10.1 Å². The molecule has 0 aliphatic heterocycles. The summed E-state index contributed by atoms with van der Waals surface area (Å²) >= 11 is 0. The van der Waals surface area contributed by atoms with Gasteiger partial charge in [0.2, 0.25) is 0 Å². The van der Waals surface area contributed by atoms with Crippen molar-refractivity contribution in [1.29, 1.82) is 0 Å². The predicted molar refractivity (Wildman–Crippen MR) is 109 cm³/mol. The van der Waals surface area contributed by atoms with Crippen molar-refractivity contribution in [1.82, 2.24) is 5.32 Å². The van der Waals surface area contributed by atoms with Gasteiger partial charge in [0, 0.05) is 18.0 Å². The van der Waals surface area contributed by atoms with Crippen LogP contribution in [-0.2, 0) is 14.9 Å². The molecule has 0 radical (unpaired) electrons. The highest BCUT2D eigenvalue weighted by Crippen LogP contribution is 2.33.